The molecule has 0 N–H and O–H groups in total. The summed E-state index contributed by atoms with van der Waals surface area (Å²) in [5.74, 6) is 0.00452. The van der Waals surface area contributed by atoms with Gasteiger partial charge >= 0.3 is 11.7 Å². The van der Waals surface area contributed by atoms with Gasteiger partial charge in [-0.3, -0.25) is 23.8 Å². The minimum Gasteiger partial charge on any atom is -0.364 e. The van der Waals surface area contributed by atoms with Gasteiger partial charge in [0.2, 0.25) is 0 Å². The predicted molar refractivity (Wildman–Crippen MR) is 185 cm³/mol. The largest absolute Gasteiger partial charge is 0.364 e. The molecule has 7 aromatic rings. The second-order valence-corrected chi connectivity index (χ2v) is 12.3. The standard InChI is InChI=1S/C38H33N7O3/c1-42-24-30(22-41-42)33-14-11-29(21-39-33)28-10-15-34-32(20-28)36-35(23-40-34)43(2)38(47)45(36)31-12-8-25(9-13-31)26-16-18-44(19-17-26)48-37(46)27-6-4-3-5-7-27/h3-15,20-24,26H,16-19H2,1-2H3. The summed E-state index contributed by atoms with van der Waals surface area (Å²) in [6.45, 7) is 1.33. The van der Waals surface area contributed by atoms with Gasteiger partial charge in [0.25, 0.3) is 0 Å². The lowest BCUT2D eigenvalue weighted by Crippen LogP contribution is -2.35. The van der Waals surface area contributed by atoms with Crippen LogP contribution in [0.25, 0.3) is 50.0 Å². The van der Waals surface area contributed by atoms with E-state index in [-0.39, 0.29) is 11.7 Å². The van der Waals surface area contributed by atoms with E-state index in [0.717, 1.165) is 62.8 Å². The average molecular weight is 636 g/mol. The van der Waals surface area contributed by atoms with Gasteiger partial charge < -0.3 is 4.84 Å². The lowest BCUT2D eigenvalue weighted by molar-refractivity contribution is -0.121. The summed E-state index contributed by atoms with van der Waals surface area (Å²) in [6, 6.07) is 27.5. The quantitative estimate of drug-likeness (QED) is 0.212. The Morgan fingerprint density at radius 1 is 0.812 bits per heavy atom. The van der Waals surface area contributed by atoms with Gasteiger partial charge in [0, 0.05) is 56.1 Å². The minimum absolute atomic E-state index is 0.131. The molecule has 1 saturated heterocycles. The number of hydrogen-bond acceptors (Lipinski definition) is 7. The highest BCUT2D eigenvalue weighted by Gasteiger charge is 2.24. The summed E-state index contributed by atoms with van der Waals surface area (Å²) in [4.78, 5) is 41.2. The van der Waals surface area contributed by atoms with Crippen molar-refractivity contribution in [1.82, 2.24) is 33.9 Å². The molecule has 0 bridgehead atoms. The molecular weight excluding hydrogens is 602 g/mol. The van der Waals surface area contributed by atoms with E-state index in [4.69, 9.17) is 9.82 Å². The molecule has 5 heterocycles. The summed E-state index contributed by atoms with van der Waals surface area (Å²) in [6.07, 6.45) is 9.12. The predicted octanol–water partition coefficient (Wildman–Crippen LogP) is 6.29. The molecule has 0 atom stereocenters. The molecule has 0 spiro atoms. The van der Waals surface area contributed by atoms with Crippen molar-refractivity contribution in [3.63, 3.8) is 0 Å². The highest BCUT2D eigenvalue weighted by molar-refractivity contribution is 6.04. The number of imidazole rings is 1. The van der Waals surface area contributed by atoms with Crippen LogP contribution in [-0.2, 0) is 18.9 Å². The van der Waals surface area contributed by atoms with E-state index in [1.54, 1.807) is 50.5 Å². The number of fused-ring (bicyclic) bond motifs is 3. The number of aryl methyl sites for hydroxylation is 2. The van der Waals surface area contributed by atoms with Crippen molar-refractivity contribution in [2.75, 3.05) is 13.1 Å². The number of piperidine rings is 1. The van der Waals surface area contributed by atoms with E-state index < -0.39 is 0 Å². The molecule has 0 aliphatic carbocycles. The van der Waals surface area contributed by atoms with Crippen LogP contribution < -0.4 is 5.69 Å². The lowest BCUT2D eigenvalue weighted by Gasteiger charge is -2.30. The number of aromatic nitrogens is 6. The number of hydroxylamine groups is 2. The Labute approximate surface area is 276 Å². The van der Waals surface area contributed by atoms with Gasteiger partial charge in [0.1, 0.15) is 0 Å². The fourth-order valence-corrected chi connectivity index (χ4v) is 6.63. The molecule has 0 saturated carbocycles. The fraction of sp³-hybridized carbons (Fsp3) is 0.184. The Balaban J connectivity index is 1.06. The first kappa shape index (κ1) is 29.5. The molecule has 8 rings (SSSR count). The Hall–Kier alpha value is -5.87. The molecule has 48 heavy (non-hydrogen) atoms. The molecule has 3 aromatic carbocycles. The molecule has 10 heteroatoms. The highest BCUT2D eigenvalue weighted by Crippen LogP contribution is 2.32. The van der Waals surface area contributed by atoms with E-state index in [2.05, 4.69) is 34.3 Å². The van der Waals surface area contributed by atoms with E-state index in [1.807, 2.05) is 68.0 Å². The first-order valence-corrected chi connectivity index (χ1v) is 16.0. The molecular formula is C38H33N7O3. The zero-order chi connectivity index (χ0) is 32.8. The zero-order valence-corrected chi connectivity index (χ0v) is 26.7. The van der Waals surface area contributed by atoms with Gasteiger partial charge in [-0.2, -0.15) is 5.10 Å². The van der Waals surface area contributed by atoms with Crippen molar-refractivity contribution in [3.8, 4) is 28.1 Å². The number of benzene rings is 3. The summed E-state index contributed by atoms with van der Waals surface area (Å²) < 4.78 is 5.19. The molecule has 0 radical (unpaired) electrons. The average Bonchev–Trinajstić information content (AvgIpc) is 3.68. The molecule has 238 valence electrons. The van der Waals surface area contributed by atoms with Crippen LogP contribution in [0.2, 0.25) is 0 Å². The van der Waals surface area contributed by atoms with Crippen molar-refractivity contribution < 1.29 is 9.63 Å². The Morgan fingerprint density at radius 3 is 2.29 bits per heavy atom. The smallest absolute Gasteiger partial charge is 0.357 e. The molecule has 0 unspecified atom stereocenters. The van der Waals surface area contributed by atoms with Crippen LogP contribution in [0.4, 0.5) is 0 Å². The molecule has 4 aromatic heterocycles. The molecule has 1 fully saturated rings. The maximum Gasteiger partial charge on any atom is 0.357 e. The fourth-order valence-electron chi connectivity index (χ4n) is 6.63. The van der Waals surface area contributed by atoms with Crippen LogP contribution in [0.1, 0.15) is 34.7 Å². The Morgan fingerprint density at radius 2 is 1.58 bits per heavy atom. The molecule has 1 aliphatic rings. The minimum atomic E-state index is -0.329. The van der Waals surface area contributed by atoms with Crippen molar-refractivity contribution in [2.45, 2.75) is 18.8 Å². The lowest BCUT2D eigenvalue weighted by atomic mass is 9.90. The third kappa shape index (κ3) is 5.35. The second kappa shape index (κ2) is 12.1. The van der Waals surface area contributed by atoms with Crippen LogP contribution in [0.3, 0.4) is 0 Å². The number of carbonyl (C=O) groups is 1. The third-order valence-electron chi connectivity index (χ3n) is 9.28. The Bertz CT molecular complexity index is 2330. The van der Waals surface area contributed by atoms with E-state index in [0.29, 0.717) is 24.6 Å². The van der Waals surface area contributed by atoms with Gasteiger partial charge in [0.05, 0.1) is 45.9 Å². The Kier molecular flexibility index (Phi) is 7.41. The van der Waals surface area contributed by atoms with Crippen LogP contribution in [-0.4, -0.2) is 53.0 Å². The molecule has 10 nitrogen and oxygen atoms in total. The SMILES string of the molecule is Cn1cc(-c2ccc(-c3ccc4ncc5c(c4c3)n(-c3ccc(C4CCN(OC(=O)c6ccccc6)CC4)cc3)c(=O)n5C)cn2)cn1. The summed E-state index contributed by atoms with van der Waals surface area (Å²) in [7, 11) is 3.67. The van der Waals surface area contributed by atoms with Crippen LogP contribution in [0, 0.1) is 0 Å². The van der Waals surface area contributed by atoms with Gasteiger partial charge in [-0.05, 0) is 72.4 Å². The third-order valence-corrected chi connectivity index (χ3v) is 9.28. The maximum absolute atomic E-state index is 13.7. The number of pyridine rings is 2. The van der Waals surface area contributed by atoms with Gasteiger partial charge in [-0.15, -0.1) is 5.06 Å². The molecule has 0 amide bonds. The second-order valence-electron chi connectivity index (χ2n) is 12.3. The number of rotatable bonds is 6. The monoisotopic (exact) mass is 635 g/mol. The summed E-state index contributed by atoms with van der Waals surface area (Å²) in [5, 5.41) is 6.90. The summed E-state index contributed by atoms with van der Waals surface area (Å²) in [5.41, 5.74) is 8.57. The van der Waals surface area contributed by atoms with E-state index >= 15 is 0 Å². The highest BCUT2D eigenvalue weighted by atomic mass is 16.7. The van der Waals surface area contributed by atoms with Crippen LogP contribution in [0.15, 0.2) is 115 Å². The van der Waals surface area contributed by atoms with Crippen molar-refractivity contribution in [2.24, 2.45) is 14.1 Å². The number of carbonyl (C=O) groups excluding carboxylic acids is 1. The van der Waals surface area contributed by atoms with Crippen molar-refractivity contribution >= 4 is 27.9 Å². The number of hydrogen-bond donors (Lipinski definition) is 0. The van der Waals surface area contributed by atoms with Gasteiger partial charge in [-0.1, -0.05) is 42.5 Å². The first-order chi connectivity index (χ1) is 23.4. The summed E-state index contributed by atoms with van der Waals surface area (Å²) >= 11 is 0. The van der Waals surface area contributed by atoms with Gasteiger partial charge in [0.15, 0.2) is 0 Å². The van der Waals surface area contributed by atoms with Crippen molar-refractivity contribution in [1.29, 1.82) is 0 Å². The molecule has 1 aliphatic heterocycles. The van der Waals surface area contributed by atoms with Crippen LogP contribution in [0.5, 0.6) is 0 Å². The normalized spacial score (nSPS) is 14.1. The first-order valence-electron chi connectivity index (χ1n) is 16.0. The zero-order valence-electron chi connectivity index (χ0n) is 26.7. The van der Waals surface area contributed by atoms with Crippen LogP contribution >= 0.6 is 0 Å². The van der Waals surface area contributed by atoms with E-state index in [1.165, 1.54) is 5.56 Å². The number of nitrogens with zero attached hydrogens (tertiary/aromatic N) is 7. The van der Waals surface area contributed by atoms with Gasteiger partial charge in [-0.25, -0.2) is 9.59 Å². The topological polar surface area (TPSA) is 100 Å². The van der Waals surface area contributed by atoms with Crippen molar-refractivity contribution in [3.05, 3.63) is 131 Å². The maximum atomic E-state index is 13.7. The van der Waals surface area contributed by atoms with E-state index in [9.17, 15) is 9.59 Å².